The number of rotatable bonds is 1. The molecule has 1 saturated heterocycles. The highest BCUT2D eigenvalue weighted by atomic mass is 32.2. The quantitative estimate of drug-likeness (QED) is 0.495. The van der Waals surface area contributed by atoms with Crippen LogP contribution in [-0.2, 0) is 4.79 Å². The molecule has 58 valence electrons. The van der Waals surface area contributed by atoms with Crippen LogP contribution in [0.3, 0.4) is 0 Å². The van der Waals surface area contributed by atoms with Gasteiger partial charge < -0.3 is 5.11 Å². The molecule has 0 aromatic heterocycles. The number of nitriles is 1. The van der Waals surface area contributed by atoms with Crippen LogP contribution in [0.2, 0.25) is 0 Å². The zero-order chi connectivity index (χ0) is 8.27. The third kappa shape index (κ3) is 1.91. The molecule has 1 aliphatic heterocycles. The Kier molecular flexibility index (Phi) is 2.85. The molecule has 0 aromatic carbocycles. The maximum Gasteiger partial charge on any atom is 0.348 e. The molecule has 1 N–H and O–H groups in total. The first-order chi connectivity index (χ1) is 5.25. The summed E-state index contributed by atoms with van der Waals surface area (Å²) in [7, 11) is 0. The molecule has 1 aliphatic rings. The zero-order valence-electron chi connectivity index (χ0n) is 5.53. The minimum absolute atomic E-state index is 0.113. The summed E-state index contributed by atoms with van der Waals surface area (Å²) in [5, 5.41) is 17.0. The van der Waals surface area contributed by atoms with Crippen LogP contribution < -0.4 is 0 Å². The van der Waals surface area contributed by atoms with Crippen molar-refractivity contribution in [2.45, 2.75) is 0 Å². The predicted octanol–water partition coefficient (Wildman–Crippen LogP) is 1.29. The van der Waals surface area contributed by atoms with E-state index in [1.807, 2.05) is 0 Å². The molecule has 0 atom stereocenters. The van der Waals surface area contributed by atoms with Gasteiger partial charge in [0.05, 0.1) is 4.24 Å². The highest BCUT2D eigenvalue weighted by Crippen LogP contribution is 2.38. The van der Waals surface area contributed by atoms with Gasteiger partial charge in [-0.3, -0.25) is 0 Å². The number of thioether (sulfide) groups is 2. The summed E-state index contributed by atoms with van der Waals surface area (Å²) >= 11 is 2.89. The van der Waals surface area contributed by atoms with Crippen molar-refractivity contribution in [1.82, 2.24) is 0 Å². The van der Waals surface area contributed by atoms with Gasteiger partial charge in [0.2, 0.25) is 0 Å². The van der Waals surface area contributed by atoms with E-state index in [0.29, 0.717) is 4.24 Å². The van der Waals surface area contributed by atoms with E-state index >= 15 is 0 Å². The monoisotopic (exact) mass is 187 g/mol. The number of carboxylic acids is 1. The molecular formula is C6H5NO2S2. The van der Waals surface area contributed by atoms with E-state index in [-0.39, 0.29) is 5.57 Å². The van der Waals surface area contributed by atoms with Crippen LogP contribution in [0.5, 0.6) is 0 Å². The normalized spacial score (nSPS) is 16.1. The van der Waals surface area contributed by atoms with Crippen molar-refractivity contribution in [3.05, 3.63) is 9.81 Å². The minimum Gasteiger partial charge on any atom is -0.477 e. The second-order valence-corrected chi connectivity index (χ2v) is 4.25. The number of hydrogen-bond donors (Lipinski definition) is 1. The van der Waals surface area contributed by atoms with E-state index in [1.54, 1.807) is 6.07 Å². The van der Waals surface area contributed by atoms with Crippen molar-refractivity contribution < 1.29 is 9.90 Å². The number of carboxylic acid groups (broad SMARTS) is 1. The van der Waals surface area contributed by atoms with Crippen LogP contribution in [0.15, 0.2) is 9.81 Å². The van der Waals surface area contributed by atoms with E-state index in [1.165, 1.54) is 23.5 Å². The Bertz CT molecular complexity index is 246. The van der Waals surface area contributed by atoms with Gasteiger partial charge in [-0.2, -0.15) is 5.26 Å². The lowest BCUT2D eigenvalue weighted by Crippen LogP contribution is -1.98. The molecular weight excluding hydrogens is 182 g/mol. The first kappa shape index (κ1) is 8.50. The van der Waals surface area contributed by atoms with E-state index in [0.717, 1.165) is 11.5 Å². The molecule has 0 amide bonds. The number of nitrogens with zero attached hydrogens (tertiary/aromatic N) is 1. The van der Waals surface area contributed by atoms with Crippen molar-refractivity contribution in [1.29, 1.82) is 5.26 Å². The summed E-state index contributed by atoms with van der Waals surface area (Å²) in [4.78, 5) is 10.4. The maximum absolute atomic E-state index is 10.4. The van der Waals surface area contributed by atoms with Crippen molar-refractivity contribution in [3.63, 3.8) is 0 Å². The molecule has 11 heavy (non-hydrogen) atoms. The average Bonchev–Trinajstić information content (AvgIpc) is 2.40. The van der Waals surface area contributed by atoms with Crippen LogP contribution in [0.25, 0.3) is 0 Å². The minimum atomic E-state index is -1.12. The lowest BCUT2D eigenvalue weighted by atomic mass is 10.3. The number of aliphatic carboxylic acids is 1. The summed E-state index contributed by atoms with van der Waals surface area (Å²) < 4.78 is 0.653. The van der Waals surface area contributed by atoms with Crippen molar-refractivity contribution in [3.8, 4) is 6.07 Å². The summed E-state index contributed by atoms with van der Waals surface area (Å²) in [6.45, 7) is 0. The summed E-state index contributed by atoms with van der Waals surface area (Å²) in [5.41, 5.74) is -0.113. The molecule has 0 aliphatic carbocycles. The Morgan fingerprint density at radius 2 is 2.09 bits per heavy atom. The van der Waals surface area contributed by atoms with E-state index in [4.69, 9.17) is 10.4 Å². The van der Waals surface area contributed by atoms with Gasteiger partial charge in [-0.25, -0.2) is 4.79 Å². The molecule has 3 nitrogen and oxygen atoms in total. The largest absolute Gasteiger partial charge is 0.477 e. The van der Waals surface area contributed by atoms with Gasteiger partial charge in [0.15, 0.2) is 5.57 Å². The predicted molar refractivity (Wildman–Crippen MR) is 45.2 cm³/mol. The van der Waals surface area contributed by atoms with Crippen molar-refractivity contribution in [2.24, 2.45) is 0 Å². The second kappa shape index (κ2) is 3.69. The maximum atomic E-state index is 10.4. The molecule has 1 heterocycles. The lowest BCUT2D eigenvalue weighted by molar-refractivity contribution is -0.132. The molecule has 5 heteroatoms. The van der Waals surface area contributed by atoms with Gasteiger partial charge >= 0.3 is 5.97 Å². The first-order valence-electron chi connectivity index (χ1n) is 2.89. The molecule has 0 saturated carbocycles. The molecule has 0 spiro atoms. The zero-order valence-corrected chi connectivity index (χ0v) is 7.17. The van der Waals surface area contributed by atoms with Gasteiger partial charge in [0.25, 0.3) is 0 Å². The first-order valence-corrected chi connectivity index (χ1v) is 4.86. The fraction of sp³-hybridized carbons (Fsp3) is 0.333. The van der Waals surface area contributed by atoms with Crippen molar-refractivity contribution in [2.75, 3.05) is 11.5 Å². The van der Waals surface area contributed by atoms with Gasteiger partial charge in [-0.1, -0.05) is 0 Å². The average molecular weight is 187 g/mol. The smallest absolute Gasteiger partial charge is 0.348 e. The fourth-order valence-electron chi connectivity index (χ4n) is 0.636. The third-order valence-corrected chi connectivity index (χ3v) is 3.79. The third-order valence-electron chi connectivity index (χ3n) is 1.08. The topological polar surface area (TPSA) is 61.1 Å². The van der Waals surface area contributed by atoms with Crippen LogP contribution in [0.4, 0.5) is 0 Å². The Labute approximate surface area is 72.5 Å². The van der Waals surface area contributed by atoms with Crippen LogP contribution in [0.1, 0.15) is 0 Å². The SMILES string of the molecule is N#CC(C(=O)O)=C1SCCS1. The van der Waals surface area contributed by atoms with E-state index < -0.39 is 5.97 Å². The summed E-state index contributed by atoms with van der Waals surface area (Å²) in [6.07, 6.45) is 0. The standard InChI is InChI=1S/C6H5NO2S2/c7-3-4(5(8)9)6-10-1-2-11-6/h1-2H2,(H,8,9). The van der Waals surface area contributed by atoms with Crippen LogP contribution in [-0.4, -0.2) is 22.6 Å². The Morgan fingerprint density at radius 1 is 1.55 bits per heavy atom. The van der Waals surface area contributed by atoms with Gasteiger partial charge in [0, 0.05) is 11.5 Å². The van der Waals surface area contributed by atoms with Gasteiger partial charge in [-0.05, 0) is 0 Å². The van der Waals surface area contributed by atoms with Crippen LogP contribution in [0, 0.1) is 11.3 Å². The highest BCUT2D eigenvalue weighted by molar-refractivity contribution is 8.25. The van der Waals surface area contributed by atoms with E-state index in [2.05, 4.69) is 0 Å². The number of carbonyl (C=O) groups is 1. The Balaban J connectivity index is 2.90. The Morgan fingerprint density at radius 3 is 2.45 bits per heavy atom. The van der Waals surface area contributed by atoms with Crippen molar-refractivity contribution >= 4 is 29.5 Å². The molecule has 1 fully saturated rings. The number of hydrogen-bond acceptors (Lipinski definition) is 4. The summed E-state index contributed by atoms with van der Waals surface area (Å²) in [5.74, 6) is 0.682. The molecule has 0 aromatic rings. The van der Waals surface area contributed by atoms with Gasteiger partial charge in [0.1, 0.15) is 6.07 Å². The molecule has 0 bridgehead atoms. The Hall–Kier alpha value is -0.600. The lowest BCUT2D eigenvalue weighted by Gasteiger charge is -1.93. The van der Waals surface area contributed by atoms with Crippen LogP contribution >= 0.6 is 23.5 Å². The summed E-state index contributed by atoms with van der Waals surface area (Å²) in [6, 6.07) is 1.68. The van der Waals surface area contributed by atoms with Gasteiger partial charge in [-0.15, -0.1) is 23.5 Å². The molecule has 0 unspecified atom stereocenters. The molecule has 1 rings (SSSR count). The highest BCUT2D eigenvalue weighted by Gasteiger charge is 2.18. The second-order valence-electron chi connectivity index (χ2n) is 1.78. The fourth-order valence-corrected chi connectivity index (χ4v) is 3.06. The van der Waals surface area contributed by atoms with E-state index in [9.17, 15) is 4.79 Å². The molecule has 0 radical (unpaired) electrons.